The predicted octanol–water partition coefficient (Wildman–Crippen LogP) is 3.51. The van der Waals surface area contributed by atoms with Crippen molar-refractivity contribution in [3.63, 3.8) is 0 Å². The van der Waals surface area contributed by atoms with Gasteiger partial charge in [0, 0.05) is 11.3 Å². The number of carbonyl (C=O) groups is 1. The lowest BCUT2D eigenvalue weighted by Gasteiger charge is -2.18. The molecule has 0 fully saturated rings. The Morgan fingerprint density at radius 2 is 2.17 bits per heavy atom. The van der Waals surface area contributed by atoms with E-state index in [1.165, 1.54) is 12.2 Å². The number of amides is 1. The lowest BCUT2D eigenvalue weighted by atomic mass is 10.3. The first-order valence-electron chi connectivity index (χ1n) is 6.69. The van der Waals surface area contributed by atoms with Gasteiger partial charge in [0.1, 0.15) is 0 Å². The molecule has 0 spiro atoms. The quantitative estimate of drug-likeness (QED) is 0.747. The Bertz CT molecular complexity index is 669. The van der Waals surface area contributed by atoms with Gasteiger partial charge < -0.3 is 4.52 Å². The van der Waals surface area contributed by atoms with Gasteiger partial charge in [0.2, 0.25) is 11.7 Å². The fraction of sp³-hybridized carbons (Fsp3) is 0.462. The van der Waals surface area contributed by atoms with Crippen LogP contribution in [0.2, 0.25) is 0 Å². The Kier molecular flexibility index (Phi) is 5.37. The third-order valence-corrected chi connectivity index (χ3v) is 3.88. The summed E-state index contributed by atoms with van der Waals surface area (Å²) in [5.74, 6) is -1.69. The summed E-state index contributed by atoms with van der Waals surface area (Å²) in [5.41, 5.74) is 0. The number of carbonyl (C=O) groups excluding carboxylic acids is 1. The van der Waals surface area contributed by atoms with E-state index >= 15 is 0 Å². The van der Waals surface area contributed by atoms with Gasteiger partial charge in [-0.1, -0.05) is 12.1 Å². The molecule has 0 aromatic carbocycles. The Balaban J connectivity index is 2.11. The number of hydrogen-bond acceptors (Lipinski definition) is 6. The minimum atomic E-state index is -4.68. The number of nitrogens with zero attached hydrogens (tertiary/aromatic N) is 3. The van der Waals surface area contributed by atoms with Crippen molar-refractivity contribution in [2.45, 2.75) is 32.5 Å². The van der Waals surface area contributed by atoms with Crippen LogP contribution in [0.25, 0.3) is 10.7 Å². The van der Waals surface area contributed by atoms with Crippen molar-refractivity contribution in [2.24, 2.45) is 0 Å². The number of halogens is 3. The molecule has 126 valence electrons. The Morgan fingerprint density at radius 3 is 2.74 bits per heavy atom. The van der Waals surface area contributed by atoms with E-state index in [9.17, 15) is 18.0 Å². The fourth-order valence-corrected chi connectivity index (χ4v) is 2.67. The fourth-order valence-electron chi connectivity index (χ4n) is 1.76. The van der Waals surface area contributed by atoms with Crippen LogP contribution in [0.4, 0.5) is 13.2 Å². The van der Waals surface area contributed by atoms with Crippen LogP contribution in [0.5, 0.6) is 0 Å². The summed E-state index contributed by atoms with van der Waals surface area (Å²) in [7, 11) is 1.39. The molecule has 23 heavy (non-hydrogen) atoms. The van der Waals surface area contributed by atoms with Crippen LogP contribution in [0, 0.1) is 0 Å². The summed E-state index contributed by atoms with van der Waals surface area (Å²) < 4.78 is 41.5. The average molecular weight is 349 g/mol. The van der Waals surface area contributed by atoms with Gasteiger partial charge in [-0.05, 0) is 18.6 Å². The molecule has 0 bridgehead atoms. The van der Waals surface area contributed by atoms with Crippen LogP contribution in [0.15, 0.2) is 16.7 Å². The number of rotatable bonds is 6. The minimum absolute atomic E-state index is 0.141. The molecule has 0 aliphatic heterocycles. The third-order valence-electron chi connectivity index (χ3n) is 2.81. The molecule has 0 N–H and O–H groups in total. The van der Waals surface area contributed by atoms with Gasteiger partial charge in [-0.25, -0.2) is 5.06 Å². The lowest BCUT2D eigenvalue weighted by molar-refractivity contribution is -0.179. The minimum Gasteiger partial charge on any atom is -0.329 e. The van der Waals surface area contributed by atoms with Crippen LogP contribution >= 0.6 is 11.3 Å². The number of hydrogen-bond donors (Lipinski definition) is 0. The largest absolute Gasteiger partial charge is 0.471 e. The summed E-state index contributed by atoms with van der Waals surface area (Å²) in [6.07, 6.45) is -3.63. The molecule has 0 aliphatic rings. The van der Waals surface area contributed by atoms with Crippen LogP contribution in [-0.2, 0) is 22.4 Å². The molecular formula is C13H14F3N3O3S. The van der Waals surface area contributed by atoms with E-state index in [0.717, 1.165) is 16.2 Å². The number of alkyl halides is 3. The smallest absolute Gasteiger partial charge is 0.329 e. The van der Waals surface area contributed by atoms with Crippen molar-refractivity contribution in [3.05, 3.63) is 22.9 Å². The molecule has 0 saturated heterocycles. The second kappa shape index (κ2) is 7.09. The number of aromatic nitrogens is 2. The zero-order valence-corrected chi connectivity index (χ0v) is 13.2. The average Bonchev–Trinajstić information content (AvgIpc) is 3.13. The molecule has 0 saturated carbocycles. The molecule has 0 unspecified atom stereocenters. The van der Waals surface area contributed by atoms with E-state index in [2.05, 4.69) is 14.7 Å². The highest BCUT2D eigenvalue weighted by atomic mass is 32.1. The zero-order chi connectivity index (χ0) is 17.0. The summed E-state index contributed by atoms with van der Waals surface area (Å²) in [4.78, 5) is 21.3. The van der Waals surface area contributed by atoms with Gasteiger partial charge in [0.15, 0.2) is 0 Å². The molecule has 2 aromatic heterocycles. The van der Waals surface area contributed by atoms with Crippen molar-refractivity contribution >= 4 is 17.2 Å². The second-order valence-electron chi connectivity index (χ2n) is 4.55. The van der Waals surface area contributed by atoms with Gasteiger partial charge in [-0.15, -0.1) is 11.3 Å². The topological polar surface area (TPSA) is 68.5 Å². The van der Waals surface area contributed by atoms with Crippen LogP contribution < -0.4 is 0 Å². The summed E-state index contributed by atoms with van der Waals surface area (Å²) in [6.45, 7) is 2.08. The molecule has 10 heteroatoms. The van der Waals surface area contributed by atoms with E-state index in [1.807, 2.05) is 6.92 Å². The second-order valence-corrected chi connectivity index (χ2v) is 5.72. The first kappa shape index (κ1) is 17.4. The molecule has 0 aliphatic carbocycles. The molecule has 2 aromatic rings. The maximum Gasteiger partial charge on any atom is 0.471 e. The molecule has 1 amide bonds. The van der Waals surface area contributed by atoms with Crippen molar-refractivity contribution in [2.75, 3.05) is 7.11 Å². The normalized spacial score (nSPS) is 11.7. The molecule has 2 heterocycles. The SMILES string of the molecule is CCCC(=O)N(Cc1ccc(-c2noc(C(F)(F)F)n2)s1)OC. The number of hydroxylamine groups is 2. The Labute approximate surface area is 133 Å². The van der Waals surface area contributed by atoms with Crippen LogP contribution in [0.3, 0.4) is 0 Å². The van der Waals surface area contributed by atoms with Crippen LogP contribution in [0.1, 0.15) is 30.5 Å². The molecule has 0 radical (unpaired) electrons. The summed E-state index contributed by atoms with van der Waals surface area (Å²) in [6, 6.07) is 3.25. The number of thiophene rings is 1. The predicted molar refractivity (Wildman–Crippen MR) is 75.1 cm³/mol. The third kappa shape index (κ3) is 4.29. The van der Waals surface area contributed by atoms with E-state index in [0.29, 0.717) is 17.7 Å². The van der Waals surface area contributed by atoms with E-state index in [-0.39, 0.29) is 18.3 Å². The molecule has 2 rings (SSSR count). The van der Waals surface area contributed by atoms with Gasteiger partial charge in [0.05, 0.1) is 18.5 Å². The molecule has 6 nitrogen and oxygen atoms in total. The van der Waals surface area contributed by atoms with E-state index in [1.54, 1.807) is 12.1 Å². The Morgan fingerprint density at radius 1 is 1.43 bits per heavy atom. The summed E-state index contributed by atoms with van der Waals surface area (Å²) >= 11 is 1.16. The highest BCUT2D eigenvalue weighted by Gasteiger charge is 2.38. The maximum atomic E-state index is 12.4. The van der Waals surface area contributed by atoms with Crippen molar-refractivity contribution < 1.29 is 27.3 Å². The van der Waals surface area contributed by atoms with Gasteiger partial charge in [-0.2, -0.15) is 18.2 Å². The first-order valence-corrected chi connectivity index (χ1v) is 7.51. The molecule has 0 atom stereocenters. The maximum absolute atomic E-state index is 12.4. The van der Waals surface area contributed by atoms with E-state index in [4.69, 9.17) is 4.84 Å². The zero-order valence-electron chi connectivity index (χ0n) is 12.4. The summed E-state index contributed by atoms with van der Waals surface area (Å²) in [5, 5.41) is 4.53. The standard InChI is InChI=1S/C13H14F3N3O3S/c1-3-4-10(20)19(21-2)7-8-5-6-9(23-8)11-17-12(22-18-11)13(14,15)16/h5-6H,3-4,7H2,1-2H3. The lowest BCUT2D eigenvalue weighted by Crippen LogP contribution is -2.28. The Hall–Kier alpha value is -1.94. The van der Waals surface area contributed by atoms with Crippen molar-refractivity contribution in [3.8, 4) is 10.7 Å². The van der Waals surface area contributed by atoms with Crippen LogP contribution in [-0.4, -0.2) is 28.2 Å². The van der Waals surface area contributed by atoms with Crippen molar-refractivity contribution in [1.29, 1.82) is 0 Å². The van der Waals surface area contributed by atoms with Gasteiger partial charge in [-0.3, -0.25) is 9.63 Å². The highest BCUT2D eigenvalue weighted by molar-refractivity contribution is 7.15. The van der Waals surface area contributed by atoms with Crippen molar-refractivity contribution in [1.82, 2.24) is 15.2 Å². The van der Waals surface area contributed by atoms with E-state index < -0.39 is 12.1 Å². The molecular weight excluding hydrogens is 335 g/mol. The first-order chi connectivity index (χ1) is 10.8. The monoisotopic (exact) mass is 349 g/mol. The highest BCUT2D eigenvalue weighted by Crippen LogP contribution is 2.32. The van der Waals surface area contributed by atoms with Gasteiger partial charge in [0.25, 0.3) is 0 Å². The van der Waals surface area contributed by atoms with Gasteiger partial charge >= 0.3 is 12.1 Å².